The minimum atomic E-state index is 0. The van der Waals surface area contributed by atoms with Crippen molar-refractivity contribution in [3.63, 3.8) is 0 Å². The molecule has 0 aliphatic carbocycles. The average Bonchev–Trinajstić information content (AvgIpc) is 1.00. The normalized spacial score (nSPS) is 0.500. The van der Waals surface area contributed by atoms with Crippen molar-refractivity contribution in [3.8, 4) is 0 Å². The summed E-state index contributed by atoms with van der Waals surface area (Å²) in [6.07, 6.45) is 0. The van der Waals surface area contributed by atoms with Crippen LogP contribution in [0.25, 0.3) is 0 Å². The number of rotatable bonds is 0. The molecule has 8 heavy (non-hydrogen) atoms. The Hall–Kier alpha value is 0.922. The predicted molar refractivity (Wildman–Crippen MR) is 26.4 cm³/mol. The molecular formula is H4Al2O5Si. The summed E-state index contributed by atoms with van der Waals surface area (Å²) in [5.41, 5.74) is 0. The van der Waals surface area contributed by atoms with Gasteiger partial charge in [-0.25, -0.2) is 0 Å². The molecular weight excluding hydrogens is 162 g/mol. The van der Waals surface area contributed by atoms with E-state index in [0.717, 1.165) is 0 Å². The third kappa shape index (κ3) is 286. The zero-order valence-corrected chi connectivity index (χ0v) is 7.72. The van der Waals surface area contributed by atoms with Crippen LogP contribution in [-0.4, -0.2) is 50.3 Å². The number of hydrogen-bond acceptors (Lipinski definition) is 1. The predicted octanol–water partition coefficient (Wildman–Crippen LogP) is -2.98. The Kier molecular flexibility index (Phi) is 8460. The average molecular weight is 166 g/mol. The van der Waals surface area contributed by atoms with E-state index in [-0.39, 0.29) is 56.6 Å². The summed E-state index contributed by atoms with van der Waals surface area (Å²) in [4.78, 5) is 0. The van der Waals surface area contributed by atoms with Crippen molar-refractivity contribution in [1.29, 1.82) is 0 Å². The van der Waals surface area contributed by atoms with E-state index in [0.29, 0.717) is 10.1 Å². The van der Waals surface area contributed by atoms with Gasteiger partial charge in [-0.2, -0.15) is 0 Å². The maximum atomic E-state index is 8.28. The molecule has 0 unspecified atom stereocenters. The van der Waals surface area contributed by atoms with E-state index >= 15 is 0 Å². The second-order valence-electron chi connectivity index (χ2n) is 0. The fourth-order valence-electron chi connectivity index (χ4n) is 0. The summed E-state index contributed by atoms with van der Waals surface area (Å²) in [5.74, 6) is 0. The second-order valence-corrected chi connectivity index (χ2v) is 0. The molecule has 2 N–H and O–H groups in total. The Morgan fingerprint density at radius 2 is 0.750 bits per heavy atom. The molecule has 5 nitrogen and oxygen atoms in total. The molecule has 0 spiro atoms. The first-order chi connectivity index (χ1) is 1.00. The van der Waals surface area contributed by atoms with Gasteiger partial charge in [0.15, 0.2) is 0 Å². The Bertz CT molecular complexity index is 10.4. The van der Waals surface area contributed by atoms with Gasteiger partial charge in [0.05, 0.1) is 0 Å². The zero-order valence-electron chi connectivity index (χ0n) is 3.99. The molecule has 0 atom stereocenters. The quantitative estimate of drug-likeness (QED) is 0.349. The van der Waals surface area contributed by atoms with Crippen LogP contribution in [0.5, 0.6) is 0 Å². The molecule has 0 fully saturated rings. The molecule has 0 aliphatic rings. The van der Waals surface area contributed by atoms with Gasteiger partial charge in [0, 0.05) is 0 Å². The fraction of sp³-hybridized carbons (Fsp3) is 0. The molecule has 0 saturated heterocycles. The second kappa shape index (κ2) is 447. The Balaban J connectivity index is -0.000000000333. The maximum absolute atomic E-state index is 8.28. The van der Waals surface area contributed by atoms with E-state index in [9.17, 15) is 0 Å². The van der Waals surface area contributed by atoms with Crippen LogP contribution in [0.4, 0.5) is 0 Å². The standard InChI is InChI=1S/2Al.H2OSi.H2O.3O/c;;1-2;;;;/h;;2H2;1H2;;;/q2*+3;;;3*-2. The smallest absolute Gasteiger partial charge is 2.00 e. The van der Waals surface area contributed by atoms with Gasteiger partial charge in [-0.3, -0.25) is 0 Å². The van der Waals surface area contributed by atoms with Crippen molar-refractivity contribution in [3.05, 3.63) is 0 Å². The van der Waals surface area contributed by atoms with Gasteiger partial charge in [0.1, 0.15) is 0 Å². The van der Waals surface area contributed by atoms with Crippen molar-refractivity contribution in [2.75, 3.05) is 0 Å². The third-order valence-electron chi connectivity index (χ3n) is 0. The first kappa shape index (κ1) is 152. The third-order valence-corrected chi connectivity index (χ3v) is 0. The van der Waals surface area contributed by atoms with E-state index in [1.807, 2.05) is 0 Å². The van der Waals surface area contributed by atoms with E-state index in [2.05, 4.69) is 0 Å². The van der Waals surface area contributed by atoms with Crippen LogP contribution < -0.4 is 0 Å². The van der Waals surface area contributed by atoms with Gasteiger partial charge in [-0.15, -0.1) is 0 Å². The van der Waals surface area contributed by atoms with E-state index in [1.54, 1.807) is 0 Å². The van der Waals surface area contributed by atoms with Crippen LogP contribution in [0.2, 0.25) is 0 Å². The Morgan fingerprint density at radius 1 is 0.750 bits per heavy atom. The van der Waals surface area contributed by atoms with Gasteiger partial charge in [-0.1, -0.05) is 0 Å². The van der Waals surface area contributed by atoms with Crippen molar-refractivity contribution < 1.29 is 26.4 Å². The number of hydrogen-bond donors (Lipinski definition) is 0. The zero-order chi connectivity index (χ0) is 2.00. The van der Waals surface area contributed by atoms with E-state index < -0.39 is 0 Å². The maximum Gasteiger partial charge on any atom is 3.00 e. The van der Waals surface area contributed by atoms with Gasteiger partial charge in [-0.05, 0) is 0 Å². The molecule has 0 saturated carbocycles. The summed E-state index contributed by atoms with van der Waals surface area (Å²) < 4.78 is 8.28. The van der Waals surface area contributed by atoms with Gasteiger partial charge < -0.3 is 26.4 Å². The monoisotopic (exact) mass is 166 g/mol. The van der Waals surface area contributed by atoms with Crippen LogP contribution in [-0.2, 0) is 20.9 Å². The van der Waals surface area contributed by atoms with Gasteiger partial charge in [0.25, 0.3) is 0 Å². The SMILES string of the molecule is O.O=[SiH2].[Al+3].[Al+3].[O-2].[O-2].[O-2]. The Labute approximate surface area is 71.4 Å². The Morgan fingerprint density at radius 3 is 0.750 bits per heavy atom. The van der Waals surface area contributed by atoms with Crippen molar-refractivity contribution in [1.82, 2.24) is 0 Å². The molecule has 0 heterocycles. The minimum absolute atomic E-state index is 0. The van der Waals surface area contributed by atoms with E-state index in [1.165, 1.54) is 0 Å². The summed E-state index contributed by atoms with van der Waals surface area (Å²) in [6.45, 7) is 0. The van der Waals surface area contributed by atoms with Crippen molar-refractivity contribution >= 4 is 44.9 Å². The molecule has 0 amide bonds. The summed E-state index contributed by atoms with van der Waals surface area (Å²) in [6, 6.07) is 0. The molecule has 0 aromatic heterocycles. The molecule has 0 rings (SSSR count). The van der Waals surface area contributed by atoms with Crippen molar-refractivity contribution in [2.45, 2.75) is 0 Å². The summed E-state index contributed by atoms with van der Waals surface area (Å²) >= 11 is 0. The first-order valence-electron chi connectivity index (χ1n) is 0.289. The molecule has 0 aromatic carbocycles. The van der Waals surface area contributed by atoms with Crippen LogP contribution in [0.1, 0.15) is 0 Å². The van der Waals surface area contributed by atoms with Crippen LogP contribution in [0.3, 0.4) is 0 Å². The van der Waals surface area contributed by atoms with Gasteiger partial charge in [0.2, 0.25) is 10.1 Å². The van der Waals surface area contributed by atoms with Crippen LogP contribution in [0, 0.1) is 0 Å². The molecule has 8 heteroatoms. The fourth-order valence-corrected chi connectivity index (χ4v) is 0. The molecule has 0 radical (unpaired) electrons. The minimum Gasteiger partial charge on any atom is -2.00 e. The summed E-state index contributed by atoms with van der Waals surface area (Å²) in [7, 11) is 0.611. The van der Waals surface area contributed by atoms with Crippen LogP contribution >= 0.6 is 0 Å². The largest absolute Gasteiger partial charge is 3.00 e. The summed E-state index contributed by atoms with van der Waals surface area (Å²) in [5, 5.41) is 0. The molecule has 0 aromatic rings. The van der Waals surface area contributed by atoms with E-state index in [4.69, 9.17) is 4.46 Å². The first-order valence-corrected chi connectivity index (χ1v) is 0.866. The molecule has 0 bridgehead atoms. The van der Waals surface area contributed by atoms with Crippen molar-refractivity contribution in [2.24, 2.45) is 0 Å². The van der Waals surface area contributed by atoms with Crippen LogP contribution in [0.15, 0.2) is 0 Å². The topological polar surface area (TPSA) is 134 Å². The van der Waals surface area contributed by atoms with Gasteiger partial charge >= 0.3 is 34.7 Å². The molecule has 0 aliphatic heterocycles. The molecule has 44 valence electrons.